The van der Waals surface area contributed by atoms with Gasteiger partial charge in [0, 0.05) is 61.3 Å². The van der Waals surface area contributed by atoms with Gasteiger partial charge in [0.05, 0.1) is 24.1 Å². The van der Waals surface area contributed by atoms with Crippen molar-refractivity contribution < 1.29 is 39.6 Å². The monoisotopic (exact) mass is 825 g/mol. The molecule has 304 valence electrons. The molecule has 2 aromatic carbocycles. The summed E-state index contributed by atoms with van der Waals surface area (Å²) >= 11 is 0. The second kappa shape index (κ2) is 18.2. The smallest absolute Gasteiger partial charge is 0.318 e. The van der Waals surface area contributed by atoms with Gasteiger partial charge in [0.25, 0.3) is 22.9 Å². The van der Waals surface area contributed by atoms with Crippen LogP contribution in [0.5, 0.6) is 0 Å². The van der Waals surface area contributed by atoms with Crippen LogP contribution in [0.4, 0.5) is 22.4 Å². The highest BCUT2D eigenvalue weighted by Crippen LogP contribution is 2.24. The maximum absolute atomic E-state index is 12.8. The molecule has 1 saturated heterocycles. The van der Waals surface area contributed by atoms with Crippen molar-refractivity contribution in [3.63, 3.8) is 0 Å². The van der Waals surface area contributed by atoms with Gasteiger partial charge in [-0.15, -0.1) is 20.4 Å². The first-order valence-electron chi connectivity index (χ1n) is 17.5. The second-order valence-corrected chi connectivity index (χ2v) is 15.2. The number of nitrogens with zero attached hydrogens (tertiary/aromatic N) is 7. The summed E-state index contributed by atoms with van der Waals surface area (Å²) in [5.41, 5.74) is 7.42. The van der Waals surface area contributed by atoms with Crippen molar-refractivity contribution in [2.75, 3.05) is 24.6 Å². The molecule has 0 spiro atoms. The molecule has 6 aromatic rings. The Balaban J connectivity index is 0.000000208. The molecule has 0 bridgehead atoms. The van der Waals surface area contributed by atoms with E-state index in [9.17, 15) is 40.4 Å². The Morgan fingerprint density at radius 1 is 0.707 bits per heavy atom. The number of aromatic nitrogens is 6. The van der Waals surface area contributed by atoms with Gasteiger partial charge in [-0.1, -0.05) is 60.7 Å². The Hall–Kier alpha value is -6.48. The van der Waals surface area contributed by atoms with Crippen LogP contribution in [-0.2, 0) is 22.9 Å². The first-order valence-corrected chi connectivity index (χ1v) is 19.3. The minimum absolute atomic E-state index is 0.0765. The molecule has 0 saturated carbocycles. The highest BCUT2D eigenvalue weighted by molar-refractivity contribution is 7.91. The molecule has 4 aromatic heterocycles. The fourth-order valence-electron chi connectivity index (χ4n) is 5.75. The number of sulfone groups is 1. The Kier molecular flexibility index (Phi) is 12.9. The van der Waals surface area contributed by atoms with Crippen molar-refractivity contribution >= 4 is 15.9 Å². The summed E-state index contributed by atoms with van der Waals surface area (Å²) in [5.74, 6) is -2.13. The zero-order chi connectivity index (χ0) is 41.4. The summed E-state index contributed by atoms with van der Waals surface area (Å²) < 4.78 is 86.1. The average molecular weight is 826 g/mol. The van der Waals surface area contributed by atoms with Gasteiger partial charge in [0.15, 0.2) is 9.84 Å². The number of halogens is 4. The van der Waals surface area contributed by atoms with E-state index in [1.165, 1.54) is 44.6 Å². The Morgan fingerprint density at radius 2 is 1.17 bits per heavy atom. The summed E-state index contributed by atoms with van der Waals surface area (Å²) in [6, 6.07) is 22.5. The number of carbonyl (C=O) groups excluding carboxylic acids is 1. The normalized spacial score (nSPS) is 14.8. The third-order valence-electron chi connectivity index (χ3n) is 8.87. The lowest BCUT2D eigenvalue weighted by molar-refractivity contribution is 0.115. The molecule has 5 heterocycles. The topological polar surface area (TPSA) is 214 Å². The number of pyridine rings is 2. The van der Waals surface area contributed by atoms with Crippen molar-refractivity contribution in [1.82, 2.24) is 39.7 Å². The lowest BCUT2D eigenvalue weighted by Crippen LogP contribution is -2.49. The zero-order valence-electron chi connectivity index (χ0n) is 30.3. The van der Waals surface area contributed by atoms with Crippen molar-refractivity contribution in [1.29, 1.82) is 0 Å². The van der Waals surface area contributed by atoms with Gasteiger partial charge in [0.1, 0.15) is 0 Å². The van der Waals surface area contributed by atoms with Crippen LogP contribution in [0.1, 0.15) is 47.8 Å². The second-order valence-electron chi connectivity index (χ2n) is 12.9. The number of urea groups is 1. The van der Waals surface area contributed by atoms with E-state index in [1.807, 2.05) is 36.4 Å². The van der Waals surface area contributed by atoms with Gasteiger partial charge < -0.3 is 33.9 Å². The van der Waals surface area contributed by atoms with E-state index in [-0.39, 0.29) is 72.2 Å². The first-order chi connectivity index (χ1) is 27.8. The standard InChI is InChI=1S/C21H21F2N5O5S.C16H14F2N4O2/c22-18(23)20-26-25-19(33-20)15-6-7-28(17(29)12-15)13-16(14-4-2-1-3-5-14)24-21(30)27-8-10-34(31,32)11-9-27;17-14(18)16-21-20-15(24-16)11-6-7-22(13(23)8-11)9-12(19)10-4-2-1-3-5-10/h1-7,12,16,18H,8-11,13H2,(H,24,30);1-8,12,14H,9,19H2/t16-;12-/m00/s1. The summed E-state index contributed by atoms with van der Waals surface area (Å²) in [6.07, 6.45) is -2.81. The van der Waals surface area contributed by atoms with Crippen molar-refractivity contribution in [2.24, 2.45) is 5.73 Å². The fraction of sp³-hybridized carbons (Fsp3) is 0.270. The molecule has 1 aliphatic rings. The van der Waals surface area contributed by atoms with Crippen LogP contribution in [0.2, 0.25) is 0 Å². The average Bonchev–Trinajstić information content (AvgIpc) is 3.92. The number of nitrogens with one attached hydrogen (secondary N) is 1. The van der Waals surface area contributed by atoms with E-state index < -0.39 is 52.1 Å². The van der Waals surface area contributed by atoms with Gasteiger partial charge >= 0.3 is 18.9 Å². The van der Waals surface area contributed by atoms with Crippen LogP contribution in [0.25, 0.3) is 22.9 Å². The summed E-state index contributed by atoms with van der Waals surface area (Å²) in [5, 5.41) is 16.4. The maximum Gasteiger partial charge on any atom is 0.318 e. The number of nitrogens with two attached hydrogens (primary N) is 1. The summed E-state index contributed by atoms with van der Waals surface area (Å²) in [7, 11) is -3.14. The molecule has 7 rings (SSSR count). The zero-order valence-corrected chi connectivity index (χ0v) is 31.1. The third-order valence-corrected chi connectivity index (χ3v) is 10.5. The molecule has 16 nitrogen and oxygen atoms in total. The number of hydrogen-bond donors (Lipinski definition) is 2. The van der Waals surface area contributed by atoms with E-state index >= 15 is 0 Å². The van der Waals surface area contributed by atoms with E-state index in [4.69, 9.17) is 14.6 Å². The van der Waals surface area contributed by atoms with Crippen molar-refractivity contribution in [2.45, 2.75) is 38.0 Å². The number of alkyl halides is 4. The van der Waals surface area contributed by atoms with Crippen LogP contribution >= 0.6 is 0 Å². The van der Waals surface area contributed by atoms with E-state index in [0.29, 0.717) is 0 Å². The largest absolute Gasteiger partial charge is 0.415 e. The third kappa shape index (κ3) is 10.5. The van der Waals surface area contributed by atoms with Crippen molar-refractivity contribution in [3.8, 4) is 22.9 Å². The van der Waals surface area contributed by atoms with E-state index in [1.54, 1.807) is 30.3 Å². The SMILES string of the molecule is N[C@@H](Cn1ccc(-c2nnc(C(F)F)o2)cc1=O)c1ccccc1.O=C(N[C@@H](Cn1ccc(-c2nnc(C(F)F)o2)cc1=O)c1ccccc1)N1CCS(=O)(=O)CC1. The molecule has 0 aliphatic carbocycles. The van der Waals surface area contributed by atoms with Crippen molar-refractivity contribution in [3.05, 3.63) is 141 Å². The van der Waals surface area contributed by atoms with Crippen LogP contribution in [0.15, 0.2) is 116 Å². The summed E-state index contributed by atoms with van der Waals surface area (Å²) in [4.78, 5) is 39.1. The molecular formula is C37H35F4N9O7S. The molecule has 3 N–H and O–H groups in total. The number of carbonyl (C=O) groups is 1. The van der Waals surface area contributed by atoms with Crippen LogP contribution in [0.3, 0.4) is 0 Å². The molecule has 58 heavy (non-hydrogen) atoms. The molecule has 0 radical (unpaired) electrons. The van der Waals surface area contributed by atoms with Gasteiger partial charge in [-0.3, -0.25) is 9.59 Å². The Bertz CT molecular complexity index is 2540. The van der Waals surface area contributed by atoms with Gasteiger partial charge in [0.2, 0.25) is 11.8 Å². The molecule has 21 heteroatoms. The van der Waals surface area contributed by atoms with Gasteiger partial charge in [-0.05, 0) is 23.3 Å². The highest BCUT2D eigenvalue weighted by atomic mass is 32.2. The minimum atomic E-state index is -3.14. The molecule has 2 amide bonds. The molecule has 1 aliphatic heterocycles. The predicted molar refractivity (Wildman–Crippen MR) is 199 cm³/mol. The molecular weight excluding hydrogens is 791 g/mol. The van der Waals surface area contributed by atoms with E-state index in [0.717, 1.165) is 11.1 Å². The Labute approximate surface area is 326 Å². The highest BCUT2D eigenvalue weighted by Gasteiger charge is 2.27. The quantitative estimate of drug-likeness (QED) is 0.172. The number of hydrogen-bond acceptors (Lipinski definition) is 12. The maximum atomic E-state index is 12.8. The fourth-order valence-corrected chi connectivity index (χ4v) is 6.95. The van der Waals surface area contributed by atoms with Crippen LogP contribution in [0, 0.1) is 0 Å². The molecule has 1 fully saturated rings. The molecule has 0 unspecified atom stereocenters. The Morgan fingerprint density at radius 3 is 1.62 bits per heavy atom. The summed E-state index contributed by atoms with van der Waals surface area (Å²) in [6.45, 7) is 0.548. The van der Waals surface area contributed by atoms with E-state index in [2.05, 4.69) is 25.7 Å². The van der Waals surface area contributed by atoms with Gasteiger partial charge in [-0.25, -0.2) is 13.2 Å². The first kappa shape index (κ1) is 41.2. The molecule has 2 atom stereocenters. The van der Waals surface area contributed by atoms with Gasteiger partial charge in [-0.2, -0.15) is 17.6 Å². The number of rotatable bonds is 11. The number of amides is 2. The lowest BCUT2D eigenvalue weighted by Gasteiger charge is -2.29. The lowest BCUT2D eigenvalue weighted by atomic mass is 10.1. The van der Waals surface area contributed by atoms with Crippen LogP contribution < -0.4 is 22.2 Å². The van der Waals surface area contributed by atoms with Crippen LogP contribution in [-0.4, -0.2) is 73.5 Å². The minimum Gasteiger partial charge on any atom is -0.415 e. The predicted octanol–water partition coefficient (Wildman–Crippen LogP) is 4.55. The number of benzene rings is 2.